The molecule has 1 amide bonds. The Morgan fingerprint density at radius 1 is 1.11 bits per heavy atom. The molecule has 0 aliphatic heterocycles. The topological polar surface area (TPSA) is 138 Å². The molecule has 3 heterocycles. The van der Waals surface area contributed by atoms with Crippen molar-refractivity contribution in [1.82, 2.24) is 24.7 Å². The minimum absolute atomic E-state index is 0.0807. The first kappa shape index (κ1) is 24.1. The van der Waals surface area contributed by atoms with Gasteiger partial charge >= 0.3 is 0 Å². The molecule has 0 saturated heterocycles. The third-order valence-corrected chi connectivity index (χ3v) is 6.08. The molecule has 0 spiro atoms. The summed E-state index contributed by atoms with van der Waals surface area (Å²) in [6, 6.07) is 10.8. The lowest BCUT2D eigenvalue weighted by atomic mass is 10.2. The number of ether oxygens (including phenoxy) is 2. The summed E-state index contributed by atoms with van der Waals surface area (Å²) in [5.74, 6) is 0.219. The smallest absolute Gasteiger partial charge is 0.266 e. The van der Waals surface area contributed by atoms with Crippen molar-refractivity contribution in [1.29, 1.82) is 0 Å². The maximum absolute atomic E-state index is 13.0. The van der Waals surface area contributed by atoms with Crippen LogP contribution in [0.5, 0.6) is 11.6 Å². The van der Waals surface area contributed by atoms with Gasteiger partial charge in [0.1, 0.15) is 38.8 Å². The maximum atomic E-state index is 13.0. The Balaban J connectivity index is 1.66. The molecule has 0 aliphatic carbocycles. The van der Waals surface area contributed by atoms with Gasteiger partial charge in [-0.25, -0.2) is 28.1 Å². The van der Waals surface area contributed by atoms with Gasteiger partial charge in [-0.15, -0.1) is 0 Å². The van der Waals surface area contributed by atoms with Crippen molar-refractivity contribution in [2.45, 2.75) is 19.4 Å². The highest BCUT2D eigenvalue weighted by molar-refractivity contribution is 7.90. The number of nitrogens with one attached hydrogen (secondary N) is 1. The molecule has 0 saturated carbocycles. The molecule has 0 aliphatic rings. The number of benzene rings is 1. The van der Waals surface area contributed by atoms with Crippen molar-refractivity contribution in [2.75, 3.05) is 24.4 Å². The molecule has 1 atom stereocenters. The summed E-state index contributed by atoms with van der Waals surface area (Å²) in [6.45, 7) is 1.88. The van der Waals surface area contributed by atoms with E-state index in [-0.39, 0.29) is 18.1 Å². The Morgan fingerprint density at radius 3 is 2.63 bits per heavy atom. The van der Waals surface area contributed by atoms with E-state index in [0.717, 1.165) is 11.8 Å². The Labute approximate surface area is 202 Å². The number of hydrogen-bond acceptors (Lipinski definition) is 9. The fourth-order valence-corrected chi connectivity index (χ4v) is 3.99. The van der Waals surface area contributed by atoms with Crippen molar-refractivity contribution in [2.24, 2.45) is 0 Å². The molecule has 1 N–H and O–H groups in total. The number of carbonyl (C=O) groups is 1. The highest BCUT2D eigenvalue weighted by Crippen LogP contribution is 2.28. The van der Waals surface area contributed by atoms with Crippen LogP contribution in [0.3, 0.4) is 0 Å². The van der Waals surface area contributed by atoms with Crippen molar-refractivity contribution < 1.29 is 22.7 Å². The van der Waals surface area contributed by atoms with Crippen molar-refractivity contribution >= 4 is 32.6 Å². The summed E-state index contributed by atoms with van der Waals surface area (Å²) in [7, 11) is -1.79. The summed E-state index contributed by atoms with van der Waals surface area (Å²) in [6.07, 6.45) is 4.29. The summed E-state index contributed by atoms with van der Waals surface area (Å²) >= 11 is 0. The number of pyridine rings is 1. The summed E-state index contributed by atoms with van der Waals surface area (Å²) in [5.41, 5.74) is 2.02. The van der Waals surface area contributed by atoms with E-state index in [1.165, 1.54) is 12.5 Å². The molecule has 11 nitrogen and oxygen atoms in total. The van der Waals surface area contributed by atoms with Crippen LogP contribution in [0.15, 0.2) is 55.1 Å². The first-order valence-corrected chi connectivity index (χ1v) is 12.7. The van der Waals surface area contributed by atoms with E-state index < -0.39 is 21.8 Å². The van der Waals surface area contributed by atoms with Crippen molar-refractivity contribution in [3.8, 4) is 17.3 Å². The molecule has 1 aromatic carbocycles. The van der Waals surface area contributed by atoms with Gasteiger partial charge in [0.05, 0.1) is 19.1 Å². The van der Waals surface area contributed by atoms with Gasteiger partial charge in [0, 0.05) is 18.9 Å². The lowest BCUT2D eigenvalue weighted by molar-refractivity contribution is -0.122. The number of hydrogen-bond donors (Lipinski definition) is 1. The lowest BCUT2D eigenvalue weighted by Gasteiger charge is -2.18. The van der Waals surface area contributed by atoms with Crippen LogP contribution in [-0.4, -0.2) is 64.3 Å². The van der Waals surface area contributed by atoms with Gasteiger partial charge in [0.25, 0.3) is 5.91 Å². The molecule has 35 heavy (non-hydrogen) atoms. The third kappa shape index (κ3) is 5.72. The standard InChI is InChI=1S/C23H24N6O5S/c1-15-8-9-20(24-12-15)28-22(30)19(10-11-35(3,31)32)34-23-16-13-27-29(21(16)25-14-26-23)17-6-4-5-7-18(17)33-2/h4-9,12-14,19H,10-11H2,1-3H3,(H,24,28,30)/t19-/m0/s1. The van der Waals surface area contributed by atoms with Gasteiger partial charge in [0.15, 0.2) is 11.8 Å². The monoisotopic (exact) mass is 496 g/mol. The SMILES string of the molecule is COc1ccccc1-n1ncc2c(O[C@@H](CCS(C)(=O)=O)C(=O)Nc3ccc(C)cn3)ncnc21. The largest absolute Gasteiger partial charge is 0.494 e. The lowest BCUT2D eigenvalue weighted by Crippen LogP contribution is -2.35. The number of nitrogens with zero attached hydrogens (tertiary/aromatic N) is 5. The Hall–Kier alpha value is -4.06. The van der Waals surface area contributed by atoms with Gasteiger partial charge < -0.3 is 14.8 Å². The van der Waals surface area contributed by atoms with Crippen LogP contribution in [0.25, 0.3) is 16.7 Å². The second-order valence-electron chi connectivity index (χ2n) is 7.88. The Kier molecular flexibility index (Phi) is 6.92. The summed E-state index contributed by atoms with van der Waals surface area (Å²) in [5, 5.41) is 7.51. The number of sulfone groups is 1. The first-order valence-electron chi connectivity index (χ1n) is 10.6. The molecule has 12 heteroatoms. The molecule has 182 valence electrons. The van der Waals surface area contributed by atoms with Gasteiger partial charge in [-0.05, 0) is 30.7 Å². The van der Waals surface area contributed by atoms with Crippen LogP contribution in [0.4, 0.5) is 5.82 Å². The summed E-state index contributed by atoms with van der Waals surface area (Å²) < 4.78 is 36.5. The van der Waals surface area contributed by atoms with Gasteiger partial charge in [0.2, 0.25) is 5.88 Å². The van der Waals surface area contributed by atoms with E-state index in [4.69, 9.17) is 9.47 Å². The molecule has 3 aromatic heterocycles. The molecule has 4 aromatic rings. The molecule has 0 unspecified atom stereocenters. The van der Waals surface area contributed by atoms with Gasteiger partial charge in [-0.2, -0.15) is 5.10 Å². The number of rotatable bonds is 9. The quantitative estimate of drug-likeness (QED) is 0.370. The van der Waals surface area contributed by atoms with E-state index in [1.807, 2.05) is 25.1 Å². The first-order chi connectivity index (χ1) is 16.7. The van der Waals surface area contributed by atoms with E-state index >= 15 is 0 Å². The highest BCUT2D eigenvalue weighted by atomic mass is 32.2. The van der Waals surface area contributed by atoms with Crippen LogP contribution in [-0.2, 0) is 14.6 Å². The number of para-hydroxylation sites is 2. The molecular weight excluding hydrogens is 472 g/mol. The predicted octanol–water partition coefficient (Wildman–Crippen LogP) is 2.35. The fraction of sp³-hybridized carbons (Fsp3) is 0.261. The zero-order chi connectivity index (χ0) is 25.0. The number of methoxy groups -OCH3 is 1. The van der Waals surface area contributed by atoms with Crippen molar-refractivity contribution in [3.05, 3.63) is 60.7 Å². The molecule has 0 fully saturated rings. The Morgan fingerprint density at radius 2 is 1.91 bits per heavy atom. The summed E-state index contributed by atoms with van der Waals surface area (Å²) in [4.78, 5) is 25.7. The number of amides is 1. The Bertz CT molecular complexity index is 1450. The molecular formula is C23H24N6O5S. The van der Waals surface area contributed by atoms with Crippen LogP contribution >= 0.6 is 0 Å². The zero-order valence-electron chi connectivity index (χ0n) is 19.4. The van der Waals surface area contributed by atoms with Crippen LogP contribution in [0.2, 0.25) is 0 Å². The average molecular weight is 497 g/mol. The minimum Gasteiger partial charge on any atom is -0.494 e. The van der Waals surface area contributed by atoms with Gasteiger partial charge in [-0.3, -0.25) is 4.79 Å². The van der Waals surface area contributed by atoms with Gasteiger partial charge in [-0.1, -0.05) is 18.2 Å². The zero-order valence-corrected chi connectivity index (χ0v) is 20.2. The molecule has 0 radical (unpaired) electrons. The number of aromatic nitrogens is 5. The maximum Gasteiger partial charge on any atom is 0.266 e. The second-order valence-corrected chi connectivity index (χ2v) is 10.1. The number of aryl methyl sites for hydroxylation is 1. The minimum atomic E-state index is -3.34. The predicted molar refractivity (Wildman–Crippen MR) is 130 cm³/mol. The normalized spacial score (nSPS) is 12.3. The van der Waals surface area contributed by atoms with E-state index in [9.17, 15) is 13.2 Å². The van der Waals surface area contributed by atoms with E-state index in [0.29, 0.717) is 28.3 Å². The van der Waals surface area contributed by atoms with E-state index in [1.54, 1.807) is 36.2 Å². The average Bonchev–Trinajstić information content (AvgIpc) is 3.27. The fourth-order valence-electron chi connectivity index (χ4n) is 3.35. The third-order valence-electron chi connectivity index (χ3n) is 5.10. The molecule has 0 bridgehead atoms. The van der Waals surface area contributed by atoms with Crippen LogP contribution < -0.4 is 14.8 Å². The highest BCUT2D eigenvalue weighted by Gasteiger charge is 2.25. The number of carbonyl (C=O) groups excluding carboxylic acids is 1. The second kappa shape index (κ2) is 10.1. The van der Waals surface area contributed by atoms with Crippen LogP contribution in [0, 0.1) is 6.92 Å². The number of fused-ring (bicyclic) bond motifs is 1. The molecule has 4 rings (SSSR count). The van der Waals surface area contributed by atoms with E-state index in [2.05, 4.69) is 25.4 Å². The van der Waals surface area contributed by atoms with Crippen molar-refractivity contribution in [3.63, 3.8) is 0 Å². The number of anilines is 1. The van der Waals surface area contributed by atoms with Crippen LogP contribution in [0.1, 0.15) is 12.0 Å².